The standard InChI is InChI=1S/C19H32N2/c1-5-20-19(18-11-10-15(2)16(3)12-18)14-21(4)13-17-8-6-7-9-17/h10-12,17,19-20H,5-9,13-14H2,1-4H3. The summed E-state index contributed by atoms with van der Waals surface area (Å²) in [7, 11) is 2.28. The molecule has 1 aromatic carbocycles. The zero-order chi connectivity index (χ0) is 15.2. The van der Waals surface area contributed by atoms with Crippen LogP contribution in [0.4, 0.5) is 0 Å². The van der Waals surface area contributed by atoms with Crippen LogP contribution in [-0.4, -0.2) is 31.6 Å². The van der Waals surface area contributed by atoms with Gasteiger partial charge in [-0.15, -0.1) is 0 Å². The maximum Gasteiger partial charge on any atom is 0.0449 e. The van der Waals surface area contributed by atoms with Crippen LogP contribution in [0.5, 0.6) is 0 Å². The van der Waals surface area contributed by atoms with Gasteiger partial charge in [0.1, 0.15) is 0 Å². The molecule has 0 bridgehead atoms. The molecule has 2 nitrogen and oxygen atoms in total. The molecule has 1 saturated carbocycles. The van der Waals surface area contributed by atoms with E-state index in [-0.39, 0.29) is 0 Å². The van der Waals surface area contributed by atoms with Crippen LogP contribution in [0.25, 0.3) is 0 Å². The first kappa shape index (κ1) is 16.5. The SMILES string of the molecule is CCNC(CN(C)CC1CCCC1)c1ccc(C)c(C)c1. The Morgan fingerprint density at radius 1 is 1.19 bits per heavy atom. The van der Waals surface area contributed by atoms with Gasteiger partial charge in [-0.05, 0) is 62.9 Å². The molecule has 0 saturated heterocycles. The molecule has 21 heavy (non-hydrogen) atoms. The Labute approximate surface area is 130 Å². The number of nitrogens with zero attached hydrogens (tertiary/aromatic N) is 1. The monoisotopic (exact) mass is 288 g/mol. The first-order valence-corrected chi connectivity index (χ1v) is 8.59. The van der Waals surface area contributed by atoms with Gasteiger partial charge in [0.15, 0.2) is 0 Å². The third kappa shape index (κ3) is 4.82. The van der Waals surface area contributed by atoms with Crippen LogP contribution in [0.2, 0.25) is 0 Å². The lowest BCUT2D eigenvalue weighted by Crippen LogP contribution is -2.35. The van der Waals surface area contributed by atoms with E-state index in [1.807, 2.05) is 0 Å². The highest BCUT2D eigenvalue weighted by Crippen LogP contribution is 2.26. The van der Waals surface area contributed by atoms with E-state index in [9.17, 15) is 0 Å². The summed E-state index contributed by atoms with van der Waals surface area (Å²) in [6.45, 7) is 9.98. The lowest BCUT2D eigenvalue weighted by atomic mass is 10.00. The Hall–Kier alpha value is -0.860. The predicted octanol–water partition coefficient (Wildman–Crippen LogP) is 4.08. The Morgan fingerprint density at radius 3 is 2.52 bits per heavy atom. The van der Waals surface area contributed by atoms with Gasteiger partial charge < -0.3 is 10.2 Å². The van der Waals surface area contributed by atoms with Gasteiger partial charge in [0, 0.05) is 19.1 Å². The maximum atomic E-state index is 3.66. The largest absolute Gasteiger partial charge is 0.309 e. The first-order valence-electron chi connectivity index (χ1n) is 8.59. The van der Waals surface area contributed by atoms with Crippen LogP contribution in [0.3, 0.4) is 0 Å². The molecule has 0 radical (unpaired) electrons. The number of nitrogens with one attached hydrogen (secondary N) is 1. The van der Waals surface area contributed by atoms with E-state index < -0.39 is 0 Å². The van der Waals surface area contributed by atoms with Gasteiger partial charge in [-0.3, -0.25) is 0 Å². The highest BCUT2D eigenvalue weighted by molar-refractivity contribution is 5.31. The summed E-state index contributed by atoms with van der Waals surface area (Å²) in [6.07, 6.45) is 5.73. The van der Waals surface area contributed by atoms with Crippen molar-refractivity contribution >= 4 is 0 Å². The van der Waals surface area contributed by atoms with Gasteiger partial charge in [-0.25, -0.2) is 0 Å². The van der Waals surface area contributed by atoms with Gasteiger partial charge in [0.25, 0.3) is 0 Å². The molecule has 118 valence electrons. The van der Waals surface area contributed by atoms with Crippen molar-refractivity contribution in [2.24, 2.45) is 5.92 Å². The van der Waals surface area contributed by atoms with E-state index >= 15 is 0 Å². The topological polar surface area (TPSA) is 15.3 Å². The van der Waals surface area contributed by atoms with Gasteiger partial charge in [-0.1, -0.05) is 38.0 Å². The number of rotatable bonds is 7. The highest BCUT2D eigenvalue weighted by Gasteiger charge is 2.19. The number of hydrogen-bond acceptors (Lipinski definition) is 2. The van der Waals surface area contributed by atoms with Gasteiger partial charge in [-0.2, -0.15) is 0 Å². The van der Waals surface area contributed by atoms with Crippen LogP contribution in [0.1, 0.15) is 55.3 Å². The Bertz CT molecular complexity index is 435. The Morgan fingerprint density at radius 2 is 1.90 bits per heavy atom. The molecular weight excluding hydrogens is 256 g/mol. The predicted molar refractivity (Wildman–Crippen MR) is 91.8 cm³/mol. The average molecular weight is 288 g/mol. The molecule has 1 N–H and O–H groups in total. The van der Waals surface area contributed by atoms with E-state index in [2.05, 4.69) is 56.2 Å². The summed E-state index contributed by atoms with van der Waals surface area (Å²) in [5, 5.41) is 3.66. The molecule has 0 heterocycles. The minimum Gasteiger partial charge on any atom is -0.309 e. The van der Waals surface area contributed by atoms with E-state index in [0.29, 0.717) is 6.04 Å². The number of hydrogen-bond donors (Lipinski definition) is 1. The first-order chi connectivity index (χ1) is 10.1. The quantitative estimate of drug-likeness (QED) is 0.813. The normalized spacial score (nSPS) is 17.6. The fraction of sp³-hybridized carbons (Fsp3) is 0.684. The van der Waals surface area contributed by atoms with Gasteiger partial charge in [0.05, 0.1) is 0 Å². The summed E-state index contributed by atoms with van der Waals surface area (Å²) in [4.78, 5) is 2.53. The van der Waals surface area contributed by atoms with Crippen LogP contribution >= 0.6 is 0 Å². The van der Waals surface area contributed by atoms with Crippen molar-refractivity contribution in [2.45, 2.75) is 52.5 Å². The van der Waals surface area contributed by atoms with Crippen LogP contribution in [-0.2, 0) is 0 Å². The fourth-order valence-corrected chi connectivity index (χ4v) is 3.54. The van der Waals surface area contributed by atoms with Crippen LogP contribution < -0.4 is 5.32 Å². The van der Waals surface area contributed by atoms with Crippen molar-refractivity contribution in [2.75, 3.05) is 26.7 Å². The van der Waals surface area contributed by atoms with E-state index in [4.69, 9.17) is 0 Å². The maximum absolute atomic E-state index is 3.66. The third-order valence-corrected chi connectivity index (χ3v) is 4.92. The molecule has 1 atom stereocenters. The Kier molecular flexibility index (Phi) is 6.25. The molecule has 0 amide bonds. The second-order valence-electron chi connectivity index (χ2n) is 6.83. The molecule has 0 aromatic heterocycles. The molecule has 2 heteroatoms. The van der Waals surface area contributed by atoms with E-state index in [1.165, 1.54) is 48.9 Å². The summed E-state index contributed by atoms with van der Waals surface area (Å²) < 4.78 is 0. The fourth-order valence-electron chi connectivity index (χ4n) is 3.54. The summed E-state index contributed by atoms with van der Waals surface area (Å²) in [5.74, 6) is 0.928. The summed E-state index contributed by atoms with van der Waals surface area (Å²) >= 11 is 0. The van der Waals surface area contributed by atoms with Crippen LogP contribution in [0.15, 0.2) is 18.2 Å². The average Bonchev–Trinajstić information content (AvgIpc) is 2.94. The lowest BCUT2D eigenvalue weighted by Gasteiger charge is -2.27. The third-order valence-electron chi connectivity index (χ3n) is 4.92. The second kappa shape index (κ2) is 7.95. The van der Waals surface area contributed by atoms with Crippen LogP contribution in [0, 0.1) is 19.8 Å². The molecule has 1 aromatic rings. The molecule has 1 fully saturated rings. The van der Waals surface area contributed by atoms with E-state index in [0.717, 1.165) is 19.0 Å². The molecule has 1 aliphatic rings. The van der Waals surface area contributed by atoms with Crippen molar-refractivity contribution in [1.29, 1.82) is 0 Å². The van der Waals surface area contributed by atoms with Crippen molar-refractivity contribution in [1.82, 2.24) is 10.2 Å². The zero-order valence-electron chi connectivity index (χ0n) is 14.3. The molecule has 1 aliphatic carbocycles. The minimum atomic E-state index is 0.445. The van der Waals surface area contributed by atoms with Crippen molar-refractivity contribution in [3.63, 3.8) is 0 Å². The second-order valence-corrected chi connectivity index (χ2v) is 6.83. The molecule has 1 unspecified atom stereocenters. The van der Waals surface area contributed by atoms with Gasteiger partial charge >= 0.3 is 0 Å². The highest BCUT2D eigenvalue weighted by atomic mass is 15.1. The van der Waals surface area contributed by atoms with Crippen molar-refractivity contribution < 1.29 is 0 Å². The minimum absolute atomic E-state index is 0.445. The summed E-state index contributed by atoms with van der Waals surface area (Å²) in [5.41, 5.74) is 4.21. The van der Waals surface area contributed by atoms with Crippen molar-refractivity contribution in [3.05, 3.63) is 34.9 Å². The molecule has 0 aliphatic heterocycles. The lowest BCUT2D eigenvalue weighted by molar-refractivity contribution is 0.250. The number of likely N-dealkylation sites (N-methyl/N-ethyl adjacent to an activating group) is 2. The zero-order valence-corrected chi connectivity index (χ0v) is 14.3. The summed E-state index contributed by atoms with van der Waals surface area (Å²) in [6, 6.07) is 7.35. The molecular formula is C19H32N2. The molecule has 0 spiro atoms. The molecule has 2 rings (SSSR count). The van der Waals surface area contributed by atoms with E-state index in [1.54, 1.807) is 0 Å². The Balaban J connectivity index is 1.98. The van der Waals surface area contributed by atoms with Gasteiger partial charge in [0.2, 0.25) is 0 Å². The van der Waals surface area contributed by atoms with Crippen molar-refractivity contribution in [3.8, 4) is 0 Å². The number of aryl methyl sites for hydroxylation is 2. The number of benzene rings is 1. The smallest absolute Gasteiger partial charge is 0.0449 e.